The molecule has 0 aromatic heterocycles. The highest BCUT2D eigenvalue weighted by Crippen LogP contribution is 2.39. The molecule has 152 valence electrons. The predicted molar refractivity (Wildman–Crippen MR) is 113 cm³/mol. The maximum atomic E-state index is 10.4. The molecule has 0 unspecified atom stereocenters. The number of hydrogen-bond acceptors (Lipinski definition) is 4. The third-order valence-corrected chi connectivity index (χ3v) is 5.94. The minimum absolute atomic E-state index is 0.391. The van der Waals surface area contributed by atoms with Crippen LogP contribution in [0.4, 0.5) is 0 Å². The zero-order chi connectivity index (χ0) is 19.9. The lowest BCUT2D eigenvalue weighted by molar-refractivity contribution is 0.0339. The van der Waals surface area contributed by atoms with Crippen molar-refractivity contribution in [1.82, 2.24) is 4.90 Å². The Morgan fingerprint density at radius 2 is 1.57 bits per heavy atom. The first kappa shape index (κ1) is 20.7. The molecule has 0 aliphatic carbocycles. The minimum atomic E-state index is 0.391. The van der Waals surface area contributed by atoms with Gasteiger partial charge in [0.1, 0.15) is 11.5 Å². The van der Waals surface area contributed by atoms with Gasteiger partial charge in [-0.05, 0) is 54.0 Å². The summed E-state index contributed by atoms with van der Waals surface area (Å²) >= 11 is 0. The van der Waals surface area contributed by atoms with Crippen LogP contribution in [0.3, 0.4) is 0 Å². The van der Waals surface area contributed by atoms with Gasteiger partial charge in [-0.3, -0.25) is 4.90 Å². The number of rotatable bonds is 8. The predicted octanol–water partition coefficient (Wildman–Crippen LogP) is 4.92. The van der Waals surface area contributed by atoms with E-state index in [9.17, 15) is 5.11 Å². The molecular formula is C24H33NO3. The molecule has 28 heavy (non-hydrogen) atoms. The molecule has 1 N–H and O–H groups in total. The number of nitrogens with zero attached hydrogens (tertiary/aromatic N) is 1. The van der Waals surface area contributed by atoms with E-state index in [1.54, 1.807) is 7.11 Å². The Bertz CT molecular complexity index is 738. The summed E-state index contributed by atoms with van der Waals surface area (Å²) in [5.41, 5.74) is 3.67. The van der Waals surface area contributed by atoms with Crippen LogP contribution in [0.25, 0.3) is 0 Å². The standard InChI is InChI=1S/C24H33NO3/c1-4-22(18-6-9-21(27-3)10-7-18)23(5-2)19-8-11-24(26)20(16-19)17-25-12-14-28-15-13-25/h6-11,16,22-23,26H,4-5,12-15,17H2,1-3H3/t22-,23-/m1/s1. The normalized spacial score (nSPS) is 17.2. The van der Waals surface area contributed by atoms with Crippen LogP contribution < -0.4 is 4.74 Å². The molecule has 1 fully saturated rings. The average molecular weight is 384 g/mol. The first-order valence-corrected chi connectivity index (χ1v) is 10.4. The second-order valence-corrected chi connectivity index (χ2v) is 7.58. The van der Waals surface area contributed by atoms with E-state index in [1.807, 2.05) is 18.2 Å². The molecule has 0 bridgehead atoms. The molecule has 2 atom stereocenters. The van der Waals surface area contributed by atoms with E-state index < -0.39 is 0 Å². The Kier molecular flexibility index (Phi) is 7.35. The van der Waals surface area contributed by atoms with Gasteiger partial charge in [0.2, 0.25) is 0 Å². The van der Waals surface area contributed by atoms with Crippen LogP contribution >= 0.6 is 0 Å². The van der Waals surface area contributed by atoms with E-state index in [2.05, 4.69) is 43.0 Å². The highest BCUT2D eigenvalue weighted by atomic mass is 16.5. The van der Waals surface area contributed by atoms with Crippen molar-refractivity contribution in [3.05, 3.63) is 59.2 Å². The van der Waals surface area contributed by atoms with Gasteiger partial charge in [0.05, 0.1) is 20.3 Å². The van der Waals surface area contributed by atoms with Gasteiger partial charge in [0.25, 0.3) is 0 Å². The summed E-state index contributed by atoms with van der Waals surface area (Å²) < 4.78 is 10.8. The number of hydrogen-bond donors (Lipinski definition) is 1. The second kappa shape index (κ2) is 9.94. The highest BCUT2D eigenvalue weighted by molar-refractivity contribution is 5.40. The van der Waals surface area contributed by atoms with Gasteiger partial charge in [-0.15, -0.1) is 0 Å². The van der Waals surface area contributed by atoms with Crippen molar-refractivity contribution in [1.29, 1.82) is 0 Å². The summed E-state index contributed by atoms with van der Waals surface area (Å²) in [5.74, 6) is 2.14. The van der Waals surface area contributed by atoms with Crippen molar-refractivity contribution in [2.45, 2.75) is 45.1 Å². The van der Waals surface area contributed by atoms with E-state index in [-0.39, 0.29) is 0 Å². The summed E-state index contributed by atoms with van der Waals surface area (Å²) in [4.78, 5) is 2.35. The molecule has 0 spiro atoms. The fourth-order valence-corrected chi connectivity index (χ4v) is 4.32. The van der Waals surface area contributed by atoms with E-state index in [0.29, 0.717) is 17.6 Å². The van der Waals surface area contributed by atoms with Crippen LogP contribution in [0.1, 0.15) is 55.2 Å². The van der Waals surface area contributed by atoms with Crippen LogP contribution in [-0.2, 0) is 11.3 Å². The Morgan fingerprint density at radius 3 is 2.18 bits per heavy atom. The molecular weight excluding hydrogens is 350 g/mol. The minimum Gasteiger partial charge on any atom is -0.508 e. The Balaban J connectivity index is 1.84. The van der Waals surface area contributed by atoms with Crippen molar-refractivity contribution < 1.29 is 14.6 Å². The van der Waals surface area contributed by atoms with Gasteiger partial charge >= 0.3 is 0 Å². The molecule has 4 heteroatoms. The molecule has 0 saturated carbocycles. The zero-order valence-electron chi connectivity index (χ0n) is 17.4. The van der Waals surface area contributed by atoms with Crippen molar-refractivity contribution in [3.8, 4) is 11.5 Å². The first-order valence-electron chi connectivity index (χ1n) is 10.4. The van der Waals surface area contributed by atoms with Crippen molar-refractivity contribution >= 4 is 0 Å². The number of morpholine rings is 1. The van der Waals surface area contributed by atoms with Crippen LogP contribution in [0.5, 0.6) is 11.5 Å². The summed E-state index contributed by atoms with van der Waals surface area (Å²) in [6.07, 6.45) is 2.14. The average Bonchev–Trinajstić information content (AvgIpc) is 2.74. The topological polar surface area (TPSA) is 41.9 Å². The highest BCUT2D eigenvalue weighted by Gasteiger charge is 2.23. The van der Waals surface area contributed by atoms with Gasteiger partial charge in [0, 0.05) is 25.2 Å². The molecule has 2 aromatic carbocycles. The molecule has 2 aromatic rings. The molecule has 1 heterocycles. The lowest BCUT2D eigenvalue weighted by Gasteiger charge is -2.29. The molecule has 1 aliphatic rings. The van der Waals surface area contributed by atoms with Crippen LogP contribution in [0.15, 0.2) is 42.5 Å². The maximum Gasteiger partial charge on any atom is 0.120 e. The number of methoxy groups -OCH3 is 1. The molecule has 4 nitrogen and oxygen atoms in total. The lowest BCUT2D eigenvalue weighted by atomic mass is 9.78. The van der Waals surface area contributed by atoms with Gasteiger partial charge in [-0.1, -0.05) is 38.1 Å². The van der Waals surface area contributed by atoms with Gasteiger partial charge < -0.3 is 14.6 Å². The third kappa shape index (κ3) is 4.86. The number of ether oxygens (including phenoxy) is 2. The third-order valence-electron chi connectivity index (χ3n) is 5.94. The zero-order valence-corrected chi connectivity index (χ0v) is 17.4. The Morgan fingerprint density at radius 1 is 0.964 bits per heavy atom. The number of phenols is 1. The SMILES string of the molecule is CC[C@H](c1ccc(OC)cc1)[C@H](CC)c1ccc(O)c(CN2CCOCC2)c1. The summed E-state index contributed by atoms with van der Waals surface area (Å²) in [5, 5.41) is 10.4. The maximum absolute atomic E-state index is 10.4. The Hall–Kier alpha value is -2.04. The summed E-state index contributed by atoms with van der Waals surface area (Å²) in [6, 6.07) is 14.6. The molecule has 0 amide bonds. The first-order chi connectivity index (χ1) is 13.7. The van der Waals surface area contributed by atoms with Crippen molar-refractivity contribution in [3.63, 3.8) is 0 Å². The second-order valence-electron chi connectivity index (χ2n) is 7.58. The molecule has 3 rings (SSSR count). The smallest absolute Gasteiger partial charge is 0.120 e. The van der Waals surface area contributed by atoms with Crippen molar-refractivity contribution in [2.75, 3.05) is 33.4 Å². The van der Waals surface area contributed by atoms with Gasteiger partial charge in [-0.25, -0.2) is 0 Å². The summed E-state index contributed by atoms with van der Waals surface area (Å²) in [7, 11) is 1.70. The monoisotopic (exact) mass is 383 g/mol. The molecule has 1 aliphatic heterocycles. The van der Waals surface area contributed by atoms with Crippen LogP contribution in [-0.4, -0.2) is 43.4 Å². The quantitative estimate of drug-likeness (QED) is 0.702. The van der Waals surface area contributed by atoms with Crippen LogP contribution in [0, 0.1) is 0 Å². The van der Waals surface area contributed by atoms with E-state index >= 15 is 0 Å². The summed E-state index contributed by atoms with van der Waals surface area (Å²) in [6.45, 7) is 8.67. The van der Waals surface area contributed by atoms with E-state index in [0.717, 1.165) is 57.0 Å². The van der Waals surface area contributed by atoms with Gasteiger partial charge in [0.15, 0.2) is 0 Å². The fourth-order valence-electron chi connectivity index (χ4n) is 4.32. The van der Waals surface area contributed by atoms with E-state index in [4.69, 9.17) is 9.47 Å². The van der Waals surface area contributed by atoms with Crippen LogP contribution in [0.2, 0.25) is 0 Å². The number of benzene rings is 2. The molecule has 1 saturated heterocycles. The Labute approximate surface area is 169 Å². The largest absolute Gasteiger partial charge is 0.508 e. The van der Waals surface area contributed by atoms with E-state index in [1.165, 1.54) is 11.1 Å². The van der Waals surface area contributed by atoms with Gasteiger partial charge in [-0.2, -0.15) is 0 Å². The van der Waals surface area contributed by atoms with Crippen molar-refractivity contribution in [2.24, 2.45) is 0 Å². The lowest BCUT2D eigenvalue weighted by Crippen LogP contribution is -2.35. The number of phenolic OH excluding ortho intramolecular Hbond substituents is 1. The fraction of sp³-hybridized carbons (Fsp3) is 0.500. The number of aromatic hydroxyl groups is 1. The molecule has 0 radical (unpaired) electrons.